The fourth-order valence-electron chi connectivity index (χ4n) is 1.12. The number of pyridine rings is 1. The van der Waals surface area contributed by atoms with E-state index in [1.807, 2.05) is 0 Å². The number of carboxylic acid groups (broad SMARTS) is 1. The number of carbonyl (C=O) groups excluding carboxylic acids is 1. The standard InChI is InChI=1S/C11H14FN3O3/c1-11(2,10(13)18)5-15-8-7(12)6(9(16)17)3-4-14-8/h3-4H,5H2,1-2H3,(H2,13,18)(H,14,15)(H,16,17). The minimum Gasteiger partial charge on any atom is -0.478 e. The van der Waals surface area contributed by atoms with Crippen LogP contribution >= 0.6 is 0 Å². The highest BCUT2D eigenvalue weighted by Gasteiger charge is 2.25. The zero-order valence-corrected chi connectivity index (χ0v) is 10.0. The first-order chi connectivity index (χ1) is 8.25. The molecule has 18 heavy (non-hydrogen) atoms. The Labute approximate surface area is 103 Å². The summed E-state index contributed by atoms with van der Waals surface area (Å²) in [7, 11) is 0. The molecule has 0 fully saturated rings. The first-order valence-corrected chi connectivity index (χ1v) is 5.17. The van der Waals surface area contributed by atoms with E-state index >= 15 is 0 Å². The second kappa shape index (κ2) is 4.99. The van der Waals surface area contributed by atoms with E-state index in [0.717, 1.165) is 6.07 Å². The second-order valence-corrected chi connectivity index (χ2v) is 4.43. The number of hydrogen-bond acceptors (Lipinski definition) is 4. The lowest BCUT2D eigenvalue weighted by Crippen LogP contribution is -2.37. The van der Waals surface area contributed by atoms with Gasteiger partial charge in [0.15, 0.2) is 11.6 Å². The molecule has 6 nitrogen and oxygen atoms in total. The van der Waals surface area contributed by atoms with Crippen molar-refractivity contribution >= 4 is 17.7 Å². The molecule has 0 atom stereocenters. The van der Waals surface area contributed by atoms with Gasteiger partial charge in [-0.05, 0) is 19.9 Å². The van der Waals surface area contributed by atoms with Crippen LogP contribution in [0.15, 0.2) is 12.3 Å². The van der Waals surface area contributed by atoms with Crippen molar-refractivity contribution < 1.29 is 19.1 Å². The molecule has 0 bridgehead atoms. The van der Waals surface area contributed by atoms with Crippen LogP contribution in [0.5, 0.6) is 0 Å². The molecule has 1 rings (SSSR count). The Morgan fingerprint density at radius 2 is 2.17 bits per heavy atom. The van der Waals surface area contributed by atoms with Crippen molar-refractivity contribution in [2.75, 3.05) is 11.9 Å². The normalized spacial score (nSPS) is 11.1. The summed E-state index contributed by atoms with van der Waals surface area (Å²) in [5.41, 5.74) is 3.79. The fraction of sp³-hybridized carbons (Fsp3) is 0.364. The van der Waals surface area contributed by atoms with E-state index in [1.165, 1.54) is 6.20 Å². The zero-order chi connectivity index (χ0) is 13.9. The van der Waals surface area contributed by atoms with Crippen LogP contribution in [0.3, 0.4) is 0 Å². The van der Waals surface area contributed by atoms with Crippen molar-refractivity contribution in [3.05, 3.63) is 23.6 Å². The number of aromatic carboxylic acids is 1. The molecule has 0 aliphatic carbocycles. The first-order valence-electron chi connectivity index (χ1n) is 5.17. The summed E-state index contributed by atoms with van der Waals surface area (Å²) in [5, 5.41) is 11.3. The lowest BCUT2D eigenvalue weighted by molar-refractivity contribution is -0.125. The highest BCUT2D eigenvalue weighted by Crippen LogP contribution is 2.19. The molecule has 1 amide bonds. The summed E-state index contributed by atoms with van der Waals surface area (Å²) in [4.78, 5) is 25.5. The summed E-state index contributed by atoms with van der Waals surface area (Å²) in [6.07, 6.45) is 1.17. The van der Waals surface area contributed by atoms with Gasteiger partial charge in [0, 0.05) is 12.7 Å². The maximum atomic E-state index is 13.7. The quantitative estimate of drug-likeness (QED) is 0.723. The monoisotopic (exact) mass is 255 g/mol. The number of carbonyl (C=O) groups is 2. The van der Waals surface area contributed by atoms with Crippen LogP contribution in [-0.2, 0) is 4.79 Å². The van der Waals surface area contributed by atoms with E-state index in [1.54, 1.807) is 13.8 Å². The summed E-state index contributed by atoms with van der Waals surface area (Å²) < 4.78 is 13.7. The second-order valence-electron chi connectivity index (χ2n) is 4.43. The van der Waals surface area contributed by atoms with Gasteiger partial charge in [-0.1, -0.05) is 0 Å². The van der Waals surface area contributed by atoms with Crippen molar-refractivity contribution in [2.24, 2.45) is 11.1 Å². The number of halogens is 1. The largest absolute Gasteiger partial charge is 0.478 e. The molecular formula is C11H14FN3O3. The topological polar surface area (TPSA) is 105 Å². The number of amides is 1. The van der Waals surface area contributed by atoms with Gasteiger partial charge in [0.05, 0.1) is 5.41 Å². The summed E-state index contributed by atoms with van der Waals surface area (Å²) in [6, 6.07) is 1.06. The SMILES string of the molecule is CC(C)(CNc1nccc(C(=O)O)c1F)C(N)=O. The van der Waals surface area contributed by atoms with Crippen LogP contribution in [0.4, 0.5) is 10.2 Å². The molecule has 0 unspecified atom stereocenters. The van der Waals surface area contributed by atoms with Gasteiger partial charge in [-0.3, -0.25) is 4.79 Å². The number of carboxylic acids is 1. The minimum atomic E-state index is -1.38. The molecule has 7 heteroatoms. The predicted octanol–water partition coefficient (Wildman–Crippen LogP) is 0.842. The molecule has 1 aromatic heterocycles. The van der Waals surface area contributed by atoms with Crippen LogP contribution < -0.4 is 11.1 Å². The average Bonchev–Trinajstić information content (AvgIpc) is 2.27. The van der Waals surface area contributed by atoms with Crippen molar-refractivity contribution in [2.45, 2.75) is 13.8 Å². The van der Waals surface area contributed by atoms with Gasteiger partial charge < -0.3 is 16.2 Å². The van der Waals surface area contributed by atoms with E-state index in [9.17, 15) is 14.0 Å². The van der Waals surface area contributed by atoms with Crippen LogP contribution in [0, 0.1) is 11.2 Å². The van der Waals surface area contributed by atoms with E-state index in [2.05, 4.69) is 10.3 Å². The Morgan fingerprint density at radius 1 is 1.56 bits per heavy atom. The van der Waals surface area contributed by atoms with Gasteiger partial charge in [-0.15, -0.1) is 0 Å². The van der Waals surface area contributed by atoms with E-state index in [0.29, 0.717) is 0 Å². The van der Waals surface area contributed by atoms with Crippen LogP contribution in [-0.4, -0.2) is 28.5 Å². The molecule has 4 N–H and O–H groups in total. The molecule has 0 aliphatic rings. The highest BCUT2D eigenvalue weighted by atomic mass is 19.1. The molecule has 0 spiro atoms. The van der Waals surface area contributed by atoms with Crippen molar-refractivity contribution in [1.82, 2.24) is 4.98 Å². The number of hydrogen-bond donors (Lipinski definition) is 3. The number of nitrogens with zero attached hydrogens (tertiary/aromatic N) is 1. The lowest BCUT2D eigenvalue weighted by Gasteiger charge is -2.21. The summed E-state index contributed by atoms with van der Waals surface area (Å²) >= 11 is 0. The van der Waals surface area contributed by atoms with Gasteiger partial charge in [0.2, 0.25) is 5.91 Å². The smallest absolute Gasteiger partial charge is 0.338 e. The third-order valence-electron chi connectivity index (χ3n) is 2.48. The maximum Gasteiger partial charge on any atom is 0.338 e. The molecule has 0 aromatic carbocycles. The minimum absolute atomic E-state index is 0.0509. The number of aromatic nitrogens is 1. The Bertz CT molecular complexity index is 488. The lowest BCUT2D eigenvalue weighted by atomic mass is 9.93. The van der Waals surface area contributed by atoms with Crippen LogP contribution in [0.1, 0.15) is 24.2 Å². The third kappa shape index (κ3) is 2.93. The fourth-order valence-corrected chi connectivity index (χ4v) is 1.12. The van der Waals surface area contributed by atoms with Gasteiger partial charge in [0.25, 0.3) is 0 Å². The Balaban J connectivity index is 2.90. The Morgan fingerprint density at radius 3 is 2.67 bits per heavy atom. The van der Waals surface area contributed by atoms with Crippen molar-refractivity contribution in [3.8, 4) is 0 Å². The van der Waals surface area contributed by atoms with E-state index < -0.39 is 28.7 Å². The number of nitrogens with two attached hydrogens (primary N) is 1. The molecule has 0 aliphatic heterocycles. The van der Waals surface area contributed by atoms with Gasteiger partial charge in [-0.25, -0.2) is 14.2 Å². The van der Waals surface area contributed by atoms with Crippen molar-refractivity contribution in [1.29, 1.82) is 0 Å². The van der Waals surface area contributed by atoms with Gasteiger partial charge >= 0.3 is 5.97 Å². The molecule has 0 saturated carbocycles. The molecule has 0 saturated heterocycles. The van der Waals surface area contributed by atoms with Crippen molar-refractivity contribution in [3.63, 3.8) is 0 Å². The molecule has 1 heterocycles. The van der Waals surface area contributed by atoms with E-state index in [4.69, 9.17) is 10.8 Å². The number of primary amides is 1. The molecule has 98 valence electrons. The molecule has 0 radical (unpaired) electrons. The van der Waals surface area contributed by atoms with Gasteiger partial charge in [-0.2, -0.15) is 0 Å². The Hall–Kier alpha value is -2.18. The Kier molecular flexibility index (Phi) is 3.85. The summed E-state index contributed by atoms with van der Waals surface area (Å²) in [5.74, 6) is -3.12. The van der Waals surface area contributed by atoms with Gasteiger partial charge in [0.1, 0.15) is 5.56 Å². The maximum absolute atomic E-state index is 13.7. The average molecular weight is 255 g/mol. The number of anilines is 1. The summed E-state index contributed by atoms with van der Waals surface area (Å²) in [6.45, 7) is 3.22. The predicted molar refractivity (Wildman–Crippen MR) is 62.6 cm³/mol. The third-order valence-corrected chi connectivity index (χ3v) is 2.48. The zero-order valence-electron chi connectivity index (χ0n) is 10.0. The number of nitrogens with one attached hydrogen (secondary N) is 1. The van der Waals surface area contributed by atoms with Crippen LogP contribution in [0.2, 0.25) is 0 Å². The number of rotatable bonds is 5. The van der Waals surface area contributed by atoms with E-state index in [-0.39, 0.29) is 12.4 Å². The highest BCUT2D eigenvalue weighted by molar-refractivity contribution is 5.88. The van der Waals surface area contributed by atoms with Crippen LogP contribution in [0.25, 0.3) is 0 Å². The molecular weight excluding hydrogens is 241 g/mol. The first kappa shape index (κ1) is 13.9. The molecule has 1 aromatic rings.